The lowest BCUT2D eigenvalue weighted by Crippen LogP contribution is -2.34. The molecule has 0 N–H and O–H groups in total. The van der Waals surface area contributed by atoms with Gasteiger partial charge in [0.25, 0.3) is 0 Å². The molecule has 0 saturated heterocycles. The predicted molar refractivity (Wildman–Crippen MR) is 150 cm³/mol. The van der Waals surface area contributed by atoms with Crippen LogP contribution in [0.1, 0.15) is 16.8 Å². The molecule has 0 saturated carbocycles. The highest BCUT2D eigenvalue weighted by Gasteiger charge is 2.52. The standard InChI is InChI=1S/C33H26F2P/c34-28-14-10-12-26(24-28)22-23-33(27-13-11-15-29(35)25-27)36(30-16-4-1-5-17-30,31-18-6-2-7-19-31)32-20-8-3-9-21-32/h1-25,33H/q+1/b23-22+. The number of halogens is 2. The molecule has 0 aliphatic heterocycles. The summed E-state index contributed by atoms with van der Waals surface area (Å²) in [4.78, 5) is 0. The van der Waals surface area contributed by atoms with E-state index >= 15 is 0 Å². The maximum absolute atomic E-state index is 14.7. The molecule has 1 atom stereocenters. The molecule has 0 aliphatic carbocycles. The van der Waals surface area contributed by atoms with E-state index in [0.717, 1.165) is 11.1 Å². The normalized spacial score (nSPS) is 12.5. The van der Waals surface area contributed by atoms with Crippen molar-refractivity contribution in [3.05, 3.63) is 168 Å². The Morgan fingerprint density at radius 1 is 0.500 bits per heavy atom. The molecule has 0 nitrogen and oxygen atoms in total. The Morgan fingerprint density at radius 3 is 1.44 bits per heavy atom. The number of allylic oxidation sites excluding steroid dienone is 1. The minimum atomic E-state index is -2.40. The van der Waals surface area contributed by atoms with Crippen LogP contribution in [0.5, 0.6) is 0 Å². The van der Waals surface area contributed by atoms with Crippen molar-refractivity contribution < 1.29 is 8.78 Å². The minimum Gasteiger partial charge on any atom is -0.207 e. The predicted octanol–water partition coefficient (Wildman–Crippen LogP) is 7.71. The van der Waals surface area contributed by atoms with Gasteiger partial charge in [0.1, 0.15) is 40.5 Å². The molecule has 0 bridgehead atoms. The molecule has 176 valence electrons. The summed E-state index contributed by atoms with van der Waals surface area (Å²) in [6.45, 7) is 0. The van der Waals surface area contributed by atoms with Crippen LogP contribution < -0.4 is 15.9 Å². The Balaban J connectivity index is 1.86. The summed E-state index contributed by atoms with van der Waals surface area (Å²) < 4.78 is 28.7. The lowest BCUT2D eigenvalue weighted by atomic mass is 10.1. The summed E-state index contributed by atoms with van der Waals surface area (Å²) in [5, 5.41) is 3.58. The van der Waals surface area contributed by atoms with Crippen molar-refractivity contribution in [2.24, 2.45) is 0 Å². The molecule has 0 heterocycles. The van der Waals surface area contributed by atoms with Crippen LogP contribution in [-0.2, 0) is 0 Å². The molecule has 0 radical (unpaired) electrons. The number of benzene rings is 5. The number of hydrogen-bond donors (Lipinski definition) is 0. The van der Waals surface area contributed by atoms with Gasteiger partial charge in [-0.25, -0.2) is 8.78 Å². The topological polar surface area (TPSA) is 0 Å². The fourth-order valence-corrected chi connectivity index (χ4v) is 9.62. The Hall–Kier alpha value is -3.87. The van der Waals surface area contributed by atoms with Gasteiger partial charge in [-0.05, 0) is 72.3 Å². The zero-order chi connectivity index (χ0) is 24.8. The van der Waals surface area contributed by atoms with E-state index in [4.69, 9.17) is 0 Å². The SMILES string of the molecule is Fc1cccc(/C=C/C(c2cccc(F)c2)[P+](c2ccccc2)(c2ccccc2)c2ccccc2)c1. The summed E-state index contributed by atoms with van der Waals surface area (Å²) >= 11 is 0. The third-order valence-corrected chi connectivity index (χ3v) is 11.1. The second kappa shape index (κ2) is 10.8. The Labute approximate surface area is 211 Å². The van der Waals surface area contributed by atoms with Crippen LogP contribution in [0.3, 0.4) is 0 Å². The highest BCUT2D eigenvalue weighted by atomic mass is 31.2. The van der Waals surface area contributed by atoms with Gasteiger partial charge >= 0.3 is 0 Å². The van der Waals surface area contributed by atoms with Gasteiger partial charge in [-0.1, -0.05) is 84.9 Å². The molecule has 5 aromatic carbocycles. The Bertz CT molecular complexity index is 1350. The van der Waals surface area contributed by atoms with Gasteiger partial charge in [0.2, 0.25) is 0 Å². The number of rotatable bonds is 7. The van der Waals surface area contributed by atoms with E-state index in [0.29, 0.717) is 0 Å². The van der Waals surface area contributed by atoms with E-state index in [9.17, 15) is 8.78 Å². The van der Waals surface area contributed by atoms with Crippen molar-refractivity contribution in [2.45, 2.75) is 5.66 Å². The molecule has 0 fully saturated rings. The zero-order valence-corrected chi connectivity index (χ0v) is 20.6. The van der Waals surface area contributed by atoms with Crippen molar-refractivity contribution in [1.29, 1.82) is 0 Å². The van der Waals surface area contributed by atoms with Crippen molar-refractivity contribution in [3.8, 4) is 0 Å². The van der Waals surface area contributed by atoms with E-state index in [-0.39, 0.29) is 17.3 Å². The first-order valence-electron chi connectivity index (χ1n) is 11.9. The van der Waals surface area contributed by atoms with Crippen LogP contribution in [0.25, 0.3) is 6.08 Å². The molecule has 0 aromatic heterocycles. The van der Waals surface area contributed by atoms with Crippen molar-refractivity contribution in [1.82, 2.24) is 0 Å². The molecule has 0 aliphatic rings. The third kappa shape index (κ3) is 4.78. The molecule has 0 amide bonds. The first kappa shape index (κ1) is 23.9. The van der Waals surface area contributed by atoms with Crippen LogP contribution in [-0.4, -0.2) is 0 Å². The maximum atomic E-state index is 14.7. The fourth-order valence-electron chi connectivity index (χ4n) is 4.89. The van der Waals surface area contributed by atoms with Gasteiger partial charge in [0.15, 0.2) is 0 Å². The second-order valence-electron chi connectivity index (χ2n) is 8.64. The summed E-state index contributed by atoms with van der Waals surface area (Å²) in [5.74, 6) is -0.557. The zero-order valence-electron chi connectivity index (χ0n) is 19.7. The van der Waals surface area contributed by atoms with E-state index < -0.39 is 7.26 Å². The second-order valence-corrected chi connectivity index (χ2v) is 12.2. The van der Waals surface area contributed by atoms with Crippen molar-refractivity contribution in [2.75, 3.05) is 0 Å². The highest BCUT2D eigenvalue weighted by molar-refractivity contribution is 7.96. The molecule has 3 heteroatoms. The minimum absolute atomic E-state index is 0.191. The van der Waals surface area contributed by atoms with Crippen LogP contribution in [0.2, 0.25) is 0 Å². The third-order valence-electron chi connectivity index (χ3n) is 6.42. The first-order chi connectivity index (χ1) is 17.7. The van der Waals surface area contributed by atoms with Gasteiger partial charge in [-0.15, -0.1) is 0 Å². The first-order valence-corrected chi connectivity index (χ1v) is 13.8. The van der Waals surface area contributed by atoms with E-state index in [1.807, 2.05) is 36.4 Å². The monoisotopic (exact) mass is 491 g/mol. The van der Waals surface area contributed by atoms with E-state index in [1.165, 1.54) is 34.1 Å². The molecule has 36 heavy (non-hydrogen) atoms. The summed E-state index contributed by atoms with van der Waals surface area (Å²) in [6.07, 6.45) is 4.09. The molecule has 1 unspecified atom stereocenters. The van der Waals surface area contributed by atoms with E-state index in [1.54, 1.807) is 18.2 Å². The quantitative estimate of drug-likeness (QED) is 0.205. The maximum Gasteiger partial charge on any atom is 0.127 e. The largest absolute Gasteiger partial charge is 0.207 e. The molecule has 5 rings (SSSR count). The Morgan fingerprint density at radius 2 is 0.972 bits per heavy atom. The lowest BCUT2D eigenvalue weighted by Gasteiger charge is -2.33. The van der Waals surface area contributed by atoms with Crippen LogP contribution in [0, 0.1) is 11.6 Å². The molecular weight excluding hydrogens is 465 g/mol. The molecular formula is C33H26F2P+. The van der Waals surface area contributed by atoms with Gasteiger partial charge < -0.3 is 0 Å². The fraction of sp³-hybridized carbons (Fsp3) is 0.0303. The molecule has 5 aromatic rings. The lowest BCUT2D eigenvalue weighted by molar-refractivity contribution is 0.626. The summed E-state index contributed by atoms with van der Waals surface area (Å²) in [6, 6.07) is 44.9. The van der Waals surface area contributed by atoms with Gasteiger partial charge in [0.05, 0.1) is 0 Å². The van der Waals surface area contributed by atoms with E-state index in [2.05, 4.69) is 78.9 Å². The smallest absolute Gasteiger partial charge is 0.127 e. The van der Waals surface area contributed by atoms with Crippen LogP contribution in [0.4, 0.5) is 8.78 Å². The van der Waals surface area contributed by atoms with Gasteiger partial charge in [-0.2, -0.15) is 0 Å². The van der Waals surface area contributed by atoms with Crippen LogP contribution >= 0.6 is 7.26 Å². The summed E-state index contributed by atoms with van der Waals surface area (Å²) in [7, 11) is -2.40. The highest BCUT2D eigenvalue weighted by Crippen LogP contribution is 2.67. The summed E-state index contributed by atoms with van der Waals surface area (Å²) in [5.41, 5.74) is 1.46. The van der Waals surface area contributed by atoms with Crippen molar-refractivity contribution in [3.63, 3.8) is 0 Å². The Kier molecular flexibility index (Phi) is 7.16. The number of hydrogen-bond acceptors (Lipinski definition) is 0. The van der Waals surface area contributed by atoms with Crippen LogP contribution in [0.15, 0.2) is 146 Å². The average molecular weight is 492 g/mol. The van der Waals surface area contributed by atoms with Crippen molar-refractivity contribution >= 4 is 29.3 Å². The van der Waals surface area contributed by atoms with Gasteiger partial charge in [-0.3, -0.25) is 0 Å². The van der Waals surface area contributed by atoms with Gasteiger partial charge in [0, 0.05) is 5.56 Å². The molecule has 0 spiro atoms. The average Bonchev–Trinajstić information content (AvgIpc) is 2.93.